The van der Waals surface area contributed by atoms with Gasteiger partial charge in [-0.15, -0.1) is 0 Å². The number of hydrogen-bond donors (Lipinski definition) is 0. The molecule has 0 aliphatic carbocycles. The Labute approximate surface area is 96.5 Å². The zero-order chi connectivity index (χ0) is 11.6. The first kappa shape index (κ1) is 12.2. The summed E-state index contributed by atoms with van der Waals surface area (Å²) in [5.74, 6) is 1.66. The van der Waals surface area contributed by atoms with E-state index >= 15 is 0 Å². The highest BCUT2D eigenvalue weighted by Gasteiger charge is 2.19. The molecule has 0 aromatic carbocycles. The first-order chi connectivity index (χ1) is 6.84. The second-order valence-electron chi connectivity index (χ2n) is 4.55. The Hall–Kier alpha value is -0.830. The fourth-order valence-electron chi connectivity index (χ4n) is 1.13. The van der Waals surface area contributed by atoms with Crippen molar-refractivity contribution in [3.63, 3.8) is 0 Å². The van der Waals surface area contributed by atoms with E-state index in [9.17, 15) is 0 Å². The average Bonchev–Trinajstić information content (AvgIpc) is 2.14. The van der Waals surface area contributed by atoms with E-state index in [0.717, 1.165) is 18.1 Å². The molecule has 0 saturated carbocycles. The Morgan fingerprint density at radius 1 is 1.33 bits per heavy atom. The predicted octanol–water partition coefficient (Wildman–Crippen LogP) is 2.93. The van der Waals surface area contributed by atoms with Gasteiger partial charge in [-0.05, 0) is 20.8 Å². The van der Waals surface area contributed by atoms with Crippen molar-refractivity contribution in [3.05, 3.63) is 17.0 Å². The summed E-state index contributed by atoms with van der Waals surface area (Å²) in [6.07, 6.45) is 0.797. The van der Waals surface area contributed by atoms with Crippen LogP contribution in [0.2, 0.25) is 5.15 Å². The Morgan fingerprint density at radius 2 is 1.93 bits per heavy atom. The first-order valence-corrected chi connectivity index (χ1v) is 5.49. The molecule has 3 nitrogen and oxygen atoms in total. The van der Waals surface area contributed by atoms with Crippen LogP contribution in [0.25, 0.3) is 0 Å². The number of rotatable bonds is 2. The van der Waals surface area contributed by atoms with Gasteiger partial charge < -0.3 is 4.90 Å². The van der Waals surface area contributed by atoms with Crippen LogP contribution in [0.15, 0.2) is 6.07 Å². The summed E-state index contributed by atoms with van der Waals surface area (Å²) in [7, 11) is 2.01. The zero-order valence-electron chi connectivity index (χ0n) is 10.0. The van der Waals surface area contributed by atoms with Crippen LogP contribution >= 0.6 is 11.6 Å². The molecule has 1 aromatic heterocycles. The summed E-state index contributed by atoms with van der Waals surface area (Å²) >= 11 is 5.95. The molecule has 1 rings (SSSR count). The highest BCUT2D eigenvalue weighted by molar-refractivity contribution is 6.29. The van der Waals surface area contributed by atoms with Gasteiger partial charge in [0.1, 0.15) is 16.8 Å². The number of nitrogens with zero attached hydrogens (tertiary/aromatic N) is 3. The Balaban J connectivity index is 3.09. The number of hydrogen-bond acceptors (Lipinski definition) is 3. The van der Waals surface area contributed by atoms with E-state index in [2.05, 4.69) is 35.6 Å². The second kappa shape index (κ2) is 4.35. The molecular formula is C11H18ClN3. The molecular weight excluding hydrogens is 210 g/mol. The van der Waals surface area contributed by atoms with E-state index in [1.54, 1.807) is 6.07 Å². The van der Waals surface area contributed by atoms with E-state index in [-0.39, 0.29) is 5.54 Å². The van der Waals surface area contributed by atoms with E-state index < -0.39 is 0 Å². The second-order valence-corrected chi connectivity index (χ2v) is 4.94. The summed E-state index contributed by atoms with van der Waals surface area (Å²) in [6, 6.07) is 1.80. The summed E-state index contributed by atoms with van der Waals surface area (Å²) in [5.41, 5.74) is 0.0305. The van der Waals surface area contributed by atoms with E-state index in [0.29, 0.717) is 5.15 Å². The maximum atomic E-state index is 5.95. The maximum absolute atomic E-state index is 5.95. The van der Waals surface area contributed by atoms with Crippen molar-refractivity contribution < 1.29 is 0 Å². The molecule has 0 radical (unpaired) electrons. The van der Waals surface area contributed by atoms with Crippen molar-refractivity contribution in [2.75, 3.05) is 11.9 Å². The summed E-state index contributed by atoms with van der Waals surface area (Å²) in [4.78, 5) is 10.7. The molecule has 1 aromatic rings. The standard InChI is InChI=1S/C11H18ClN3/c1-6-9-13-8(12)7-10(14-9)15(5)11(2,3)4/h7H,6H2,1-5H3. The van der Waals surface area contributed by atoms with Crippen LogP contribution in [-0.4, -0.2) is 22.6 Å². The minimum absolute atomic E-state index is 0.0305. The molecule has 1 heterocycles. The van der Waals surface area contributed by atoms with Crippen molar-refractivity contribution in [3.8, 4) is 0 Å². The van der Waals surface area contributed by atoms with E-state index in [1.165, 1.54) is 0 Å². The quantitative estimate of drug-likeness (QED) is 0.728. The van der Waals surface area contributed by atoms with Crippen LogP contribution in [0, 0.1) is 0 Å². The predicted molar refractivity (Wildman–Crippen MR) is 64.6 cm³/mol. The van der Waals surface area contributed by atoms with Crippen molar-refractivity contribution in [2.24, 2.45) is 0 Å². The molecule has 0 N–H and O–H groups in total. The molecule has 0 atom stereocenters. The third kappa shape index (κ3) is 3.06. The van der Waals surface area contributed by atoms with Gasteiger partial charge in [0.2, 0.25) is 0 Å². The van der Waals surface area contributed by atoms with Crippen molar-refractivity contribution >= 4 is 17.4 Å². The van der Waals surface area contributed by atoms with Gasteiger partial charge in [0.15, 0.2) is 0 Å². The molecule has 84 valence electrons. The van der Waals surface area contributed by atoms with Gasteiger partial charge in [0, 0.05) is 25.1 Å². The fourth-order valence-corrected chi connectivity index (χ4v) is 1.32. The van der Waals surface area contributed by atoms with Gasteiger partial charge >= 0.3 is 0 Å². The molecule has 4 heteroatoms. The van der Waals surface area contributed by atoms with Gasteiger partial charge in [-0.2, -0.15) is 0 Å². The Morgan fingerprint density at radius 3 is 2.40 bits per heavy atom. The van der Waals surface area contributed by atoms with Crippen LogP contribution in [-0.2, 0) is 6.42 Å². The van der Waals surface area contributed by atoms with Gasteiger partial charge in [0.25, 0.3) is 0 Å². The molecule has 0 spiro atoms. The largest absolute Gasteiger partial charge is 0.355 e. The van der Waals surface area contributed by atoms with Gasteiger partial charge in [-0.1, -0.05) is 18.5 Å². The molecule has 0 bridgehead atoms. The van der Waals surface area contributed by atoms with Crippen molar-refractivity contribution in [1.29, 1.82) is 0 Å². The lowest BCUT2D eigenvalue weighted by Crippen LogP contribution is -2.38. The van der Waals surface area contributed by atoms with Crippen molar-refractivity contribution in [1.82, 2.24) is 9.97 Å². The third-order valence-corrected chi connectivity index (χ3v) is 2.59. The highest BCUT2D eigenvalue weighted by Crippen LogP contribution is 2.22. The highest BCUT2D eigenvalue weighted by atomic mass is 35.5. The topological polar surface area (TPSA) is 29.0 Å². The Kier molecular flexibility index (Phi) is 3.55. The van der Waals surface area contributed by atoms with Crippen LogP contribution in [0.3, 0.4) is 0 Å². The molecule has 0 aliphatic rings. The molecule has 0 aliphatic heterocycles. The average molecular weight is 228 g/mol. The summed E-state index contributed by atoms with van der Waals surface area (Å²) in [6.45, 7) is 8.42. The number of aromatic nitrogens is 2. The van der Waals surface area contributed by atoms with Crippen LogP contribution in [0.4, 0.5) is 5.82 Å². The molecule has 0 saturated heterocycles. The van der Waals surface area contributed by atoms with Crippen LogP contribution < -0.4 is 4.90 Å². The lowest BCUT2D eigenvalue weighted by atomic mass is 10.1. The smallest absolute Gasteiger partial charge is 0.134 e. The van der Waals surface area contributed by atoms with Gasteiger partial charge in [0.05, 0.1) is 0 Å². The molecule has 0 amide bonds. The molecule has 15 heavy (non-hydrogen) atoms. The summed E-state index contributed by atoms with van der Waals surface area (Å²) < 4.78 is 0. The minimum atomic E-state index is 0.0305. The number of anilines is 1. The Bertz CT molecular complexity index is 344. The SMILES string of the molecule is CCc1nc(Cl)cc(N(C)C(C)(C)C)n1. The van der Waals surface area contributed by atoms with E-state index in [4.69, 9.17) is 11.6 Å². The molecule has 0 unspecified atom stereocenters. The third-order valence-electron chi connectivity index (χ3n) is 2.39. The monoisotopic (exact) mass is 227 g/mol. The van der Waals surface area contributed by atoms with E-state index in [1.807, 2.05) is 14.0 Å². The fraction of sp³-hybridized carbons (Fsp3) is 0.636. The van der Waals surface area contributed by atoms with Crippen LogP contribution in [0.5, 0.6) is 0 Å². The normalized spacial score (nSPS) is 11.6. The molecule has 0 fully saturated rings. The van der Waals surface area contributed by atoms with Crippen molar-refractivity contribution in [2.45, 2.75) is 39.7 Å². The lowest BCUT2D eigenvalue weighted by molar-refractivity contribution is 0.532. The van der Waals surface area contributed by atoms with Crippen LogP contribution in [0.1, 0.15) is 33.5 Å². The number of aryl methyl sites for hydroxylation is 1. The number of halogens is 1. The van der Waals surface area contributed by atoms with Gasteiger partial charge in [-0.25, -0.2) is 9.97 Å². The zero-order valence-corrected chi connectivity index (χ0v) is 10.8. The lowest BCUT2D eigenvalue weighted by Gasteiger charge is -2.33. The summed E-state index contributed by atoms with van der Waals surface area (Å²) in [5, 5.41) is 0.507. The minimum Gasteiger partial charge on any atom is -0.355 e. The van der Waals surface area contributed by atoms with Gasteiger partial charge in [-0.3, -0.25) is 0 Å². The first-order valence-electron chi connectivity index (χ1n) is 5.12. The maximum Gasteiger partial charge on any atom is 0.134 e.